The minimum Gasteiger partial charge on any atom is -0.351 e. The van der Waals surface area contributed by atoms with Crippen molar-refractivity contribution in [2.75, 3.05) is 0 Å². The van der Waals surface area contributed by atoms with E-state index in [0.29, 0.717) is 28.4 Å². The van der Waals surface area contributed by atoms with Crippen LogP contribution in [-0.2, 0) is 17.8 Å². The van der Waals surface area contributed by atoms with Gasteiger partial charge in [0, 0.05) is 15.5 Å². The average molecular weight is 370 g/mol. The minimum absolute atomic E-state index is 0.00402. The van der Waals surface area contributed by atoms with Gasteiger partial charge < -0.3 is 5.32 Å². The lowest BCUT2D eigenvalue weighted by Gasteiger charge is -2.04. The number of nitrogens with one attached hydrogen (secondary N) is 1. The first-order valence-corrected chi connectivity index (χ1v) is 9.01. The molecule has 3 nitrogen and oxygen atoms in total. The lowest BCUT2D eigenvalue weighted by atomic mass is 10.1. The molecule has 0 aliphatic heterocycles. The van der Waals surface area contributed by atoms with Gasteiger partial charge in [-0.25, -0.2) is 0 Å². The van der Waals surface area contributed by atoms with Crippen molar-refractivity contribution in [3.63, 3.8) is 0 Å². The molecule has 0 atom stereocenters. The van der Waals surface area contributed by atoms with Crippen LogP contribution in [0.5, 0.6) is 0 Å². The summed E-state index contributed by atoms with van der Waals surface area (Å²) in [6.07, 6.45) is 0.304. The molecule has 1 heterocycles. The van der Waals surface area contributed by atoms with Crippen LogP contribution >= 0.6 is 22.9 Å². The molecule has 0 aliphatic carbocycles. The number of carbonyl (C=O) groups is 2. The SMILES string of the molecule is O=C(Cc1ccc(Cl)cc1)NCc1ccc(C(=O)c2ccccc2)s1. The summed E-state index contributed by atoms with van der Waals surface area (Å²) < 4.78 is 0. The first-order valence-electron chi connectivity index (χ1n) is 7.81. The summed E-state index contributed by atoms with van der Waals surface area (Å²) in [6, 6.07) is 20.1. The molecular formula is C20H16ClNO2S. The zero-order chi connectivity index (χ0) is 17.6. The Morgan fingerprint density at radius 3 is 2.36 bits per heavy atom. The van der Waals surface area contributed by atoms with Crippen molar-refractivity contribution in [1.29, 1.82) is 0 Å². The predicted octanol–water partition coefficient (Wildman–Crippen LogP) is 4.49. The van der Waals surface area contributed by atoms with Gasteiger partial charge in [-0.2, -0.15) is 0 Å². The molecule has 3 aromatic rings. The molecule has 0 saturated heterocycles. The van der Waals surface area contributed by atoms with Gasteiger partial charge in [0.2, 0.25) is 11.7 Å². The second-order valence-electron chi connectivity index (χ2n) is 5.54. The van der Waals surface area contributed by atoms with E-state index in [2.05, 4.69) is 5.32 Å². The Hall–Kier alpha value is -2.43. The molecule has 1 aromatic heterocycles. The Morgan fingerprint density at radius 2 is 1.64 bits per heavy atom. The topological polar surface area (TPSA) is 46.2 Å². The summed E-state index contributed by atoms with van der Waals surface area (Å²) in [5, 5.41) is 3.53. The van der Waals surface area contributed by atoms with E-state index in [0.717, 1.165) is 10.4 Å². The first-order chi connectivity index (χ1) is 12.1. The van der Waals surface area contributed by atoms with Gasteiger partial charge in [0.1, 0.15) is 0 Å². The van der Waals surface area contributed by atoms with Crippen molar-refractivity contribution in [2.24, 2.45) is 0 Å². The van der Waals surface area contributed by atoms with Crippen LogP contribution in [0.3, 0.4) is 0 Å². The van der Waals surface area contributed by atoms with E-state index < -0.39 is 0 Å². The second kappa shape index (κ2) is 8.10. The second-order valence-corrected chi connectivity index (χ2v) is 7.15. The maximum absolute atomic E-state index is 12.4. The third kappa shape index (κ3) is 4.78. The molecule has 3 rings (SSSR count). The lowest BCUT2D eigenvalue weighted by molar-refractivity contribution is -0.120. The largest absolute Gasteiger partial charge is 0.351 e. The smallest absolute Gasteiger partial charge is 0.224 e. The Balaban J connectivity index is 1.55. The summed E-state index contributed by atoms with van der Waals surface area (Å²) in [5.74, 6) is -0.0593. The average Bonchev–Trinajstić information content (AvgIpc) is 3.11. The van der Waals surface area contributed by atoms with Crippen molar-refractivity contribution in [3.8, 4) is 0 Å². The Morgan fingerprint density at radius 1 is 0.920 bits per heavy atom. The number of rotatable bonds is 6. The van der Waals surface area contributed by atoms with Gasteiger partial charge in [0.15, 0.2) is 0 Å². The van der Waals surface area contributed by atoms with E-state index in [-0.39, 0.29) is 11.7 Å². The molecule has 0 spiro atoms. The van der Waals surface area contributed by atoms with E-state index in [4.69, 9.17) is 11.6 Å². The number of carbonyl (C=O) groups excluding carboxylic acids is 2. The molecule has 5 heteroatoms. The van der Waals surface area contributed by atoms with Crippen molar-refractivity contribution in [3.05, 3.63) is 92.6 Å². The van der Waals surface area contributed by atoms with E-state index >= 15 is 0 Å². The summed E-state index contributed by atoms with van der Waals surface area (Å²) in [5.41, 5.74) is 1.58. The number of hydrogen-bond acceptors (Lipinski definition) is 3. The Labute approximate surface area is 155 Å². The predicted molar refractivity (Wildman–Crippen MR) is 101 cm³/mol. The normalized spacial score (nSPS) is 10.4. The van der Waals surface area contributed by atoms with E-state index in [9.17, 15) is 9.59 Å². The van der Waals surface area contributed by atoms with Crippen LogP contribution < -0.4 is 5.32 Å². The monoisotopic (exact) mass is 369 g/mol. The standard InChI is InChI=1S/C20H16ClNO2S/c21-16-8-6-14(7-9-16)12-19(23)22-13-17-10-11-18(25-17)20(24)15-4-2-1-3-5-15/h1-11H,12-13H2,(H,22,23). The summed E-state index contributed by atoms with van der Waals surface area (Å²) in [6.45, 7) is 0.416. The number of halogens is 1. The van der Waals surface area contributed by atoms with Crippen LogP contribution in [0.4, 0.5) is 0 Å². The number of ketones is 1. The van der Waals surface area contributed by atoms with Crippen LogP contribution in [0.2, 0.25) is 5.02 Å². The maximum Gasteiger partial charge on any atom is 0.224 e. The summed E-state index contributed by atoms with van der Waals surface area (Å²) in [4.78, 5) is 26.0. The maximum atomic E-state index is 12.4. The molecule has 1 amide bonds. The highest BCUT2D eigenvalue weighted by molar-refractivity contribution is 7.14. The fraction of sp³-hybridized carbons (Fsp3) is 0.100. The fourth-order valence-electron chi connectivity index (χ4n) is 2.36. The lowest BCUT2D eigenvalue weighted by Crippen LogP contribution is -2.24. The summed E-state index contributed by atoms with van der Waals surface area (Å²) in [7, 11) is 0. The molecular weight excluding hydrogens is 354 g/mol. The molecule has 1 N–H and O–H groups in total. The number of benzene rings is 2. The van der Waals surface area contributed by atoms with Crippen molar-refractivity contribution in [2.45, 2.75) is 13.0 Å². The molecule has 0 saturated carbocycles. The number of thiophene rings is 1. The van der Waals surface area contributed by atoms with Gasteiger partial charge in [-0.05, 0) is 29.8 Å². The first kappa shape index (κ1) is 17.4. The van der Waals surface area contributed by atoms with E-state index in [1.807, 2.05) is 36.4 Å². The van der Waals surface area contributed by atoms with Gasteiger partial charge >= 0.3 is 0 Å². The quantitative estimate of drug-likeness (QED) is 0.650. The van der Waals surface area contributed by atoms with Crippen LogP contribution in [0.15, 0.2) is 66.7 Å². The molecule has 0 unspecified atom stereocenters. The van der Waals surface area contributed by atoms with Crippen molar-refractivity contribution >= 4 is 34.6 Å². The zero-order valence-corrected chi connectivity index (χ0v) is 14.9. The molecule has 2 aromatic carbocycles. The third-order valence-electron chi connectivity index (χ3n) is 3.66. The molecule has 0 bridgehead atoms. The molecule has 0 fully saturated rings. The molecule has 0 aliphatic rings. The highest BCUT2D eigenvalue weighted by Crippen LogP contribution is 2.20. The van der Waals surface area contributed by atoms with Crippen LogP contribution in [0.25, 0.3) is 0 Å². The van der Waals surface area contributed by atoms with E-state index in [1.54, 1.807) is 30.3 Å². The highest BCUT2D eigenvalue weighted by Gasteiger charge is 2.12. The van der Waals surface area contributed by atoms with Gasteiger partial charge in [-0.3, -0.25) is 9.59 Å². The van der Waals surface area contributed by atoms with Crippen LogP contribution in [0.1, 0.15) is 25.7 Å². The fourth-order valence-corrected chi connectivity index (χ4v) is 3.40. The van der Waals surface area contributed by atoms with Gasteiger partial charge in [0.25, 0.3) is 0 Å². The van der Waals surface area contributed by atoms with Crippen molar-refractivity contribution in [1.82, 2.24) is 5.32 Å². The Kier molecular flexibility index (Phi) is 5.64. The number of hydrogen-bond donors (Lipinski definition) is 1. The highest BCUT2D eigenvalue weighted by atomic mass is 35.5. The van der Waals surface area contributed by atoms with Crippen molar-refractivity contribution < 1.29 is 9.59 Å². The van der Waals surface area contributed by atoms with Gasteiger partial charge in [-0.15, -0.1) is 11.3 Å². The van der Waals surface area contributed by atoms with Crippen LogP contribution in [-0.4, -0.2) is 11.7 Å². The molecule has 126 valence electrons. The minimum atomic E-state index is -0.0633. The molecule has 25 heavy (non-hydrogen) atoms. The number of amides is 1. The summed E-state index contributed by atoms with van der Waals surface area (Å²) >= 11 is 7.24. The zero-order valence-electron chi connectivity index (χ0n) is 13.4. The van der Waals surface area contributed by atoms with Gasteiger partial charge in [0.05, 0.1) is 17.8 Å². The van der Waals surface area contributed by atoms with Gasteiger partial charge in [-0.1, -0.05) is 54.1 Å². The van der Waals surface area contributed by atoms with Crippen LogP contribution in [0, 0.1) is 0 Å². The Bertz CT molecular complexity index is 872. The molecule has 0 radical (unpaired) electrons. The third-order valence-corrected chi connectivity index (χ3v) is 5.00. The van der Waals surface area contributed by atoms with E-state index in [1.165, 1.54) is 11.3 Å².